The highest BCUT2D eigenvalue weighted by Gasteiger charge is 2.27. The molecule has 1 aromatic heterocycles. The van der Waals surface area contributed by atoms with Crippen LogP contribution in [0.3, 0.4) is 0 Å². The second-order valence-electron chi connectivity index (χ2n) is 6.27. The summed E-state index contributed by atoms with van der Waals surface area (Å²) < 4.78 is 1.72. The predicted molar refractivity (Wildman–Crippen MR) is 92.5 cm³/mol. The van der Waals surface area contributed by atoms with Crippen LogP contribution in [-0.4, -0.2) is 21.2 Å². The van der Waals surface area contributed by atoms with Crippen LogP contribution in [0.1, 0.15) is 36.7 Å². The van der Waals surface area contributed by atoms with Crippen molar-refractivity contribution in [2.24, 2.45) is 7.05 Å². The molecule has 4 nitrogen and oxygen atoms in total. The maximum Gasteiger partial charge on any atom is 0.272 e. The summed E-state index contributed by atoms with van der Waals surface area (Å²) in [5, 5.41) is 8.17. The molecule has 1 amide bonds. The number of carbonyl (C=O) groups is 1. The van der Waals surface area contributed by atoms with E-state index in [-0.39, 0.29) is 11.4 Å². The number of allylic oxidation sites excluding steroid dienone is 1. The summed E-state index contributed by atoms with van der Waals surface area (Å²) >= 11 is 5.93. The number of carbonyl (C=O) groups excluding carboxylic acids is 1. The van der Waals surface area contributed by atoms with Gasteiger partial charge < -0.3 is 5.32 Å². The molecule has 1 aliphatic rings. The molecule has 1 N–H and O–H groups in total. The van der Waals surface area contributed by atoms with Gasteiger partial charge in [0, 0.05) is 17.6 Å². The van der Waals surface area contributed by atoms with Gasteiger partial charge in [0.25, 0.3) is 5.91 Å². The van der Waals surface area contributed by atoms with Crippen molar-refractivity contribution in [3.63, 3.8) is 0 Å². The number of hydrogen-bond acceptors (Lipinski definition) is 2. The van der Waals surface area contributed by atoms with Crippen LogP contribution >= 0.6 is 11.6 Å². The smallest absolute Gasteiger partial charge is 0.272 e. The van der Waals surface area contributed by atoms with E-state index in [1.807, 2.05) is 37.4 Å². The van der Waals surface area contributed by atoms with Crippen molar-refractivity contribution < 1.29 is 4.79 Å². The van der Waals surface area contributed by atoms with Crippen molar-refractivity contribution in [1.82, 2.24) is 15.1 Å². The molecule has 23 heavy (non-hydrogen) atoms. The minimum absolute atomic E-state index is 0.126. The maximum atomic E-state index is 12.5. The number of aromatic nitrogens is 2. The van der Waals surface area contributed by atoms with Crippen LogP contribution in [0.4, 0.5) is 0 Å². The van der Waals surface area contributed by atoms with Crippen molar-refractivity contribution in [1.29, 1.82) is 0 Å². The Morgan fingerprint density at radius 1 is 1.30 bits per heavy atom. The minimum Gasteiger partial charge on any atom is -0.345 e. The van der Waals surface area contributed by atoms with Gasteiger partial charge in [0.1, 0.15) is 0 Å². The van der Waals surface area contributed by atoms with E-state index in [1.54, 1.807) is 4.68 Å². The molecule has 5 heteroatoms. The second-order valence-corrected chi connectivity index (χ2v) is 6.71. The van der Waals surface area contributed by atoms with Crippen LogP contribution < -0.4 is 5.32 Å². The second kappa shape index (κ2) is 6.20. The van der Waals surface area contributed by atoms with E-state index in [9.17, 15) is 4.79 Å². The van der Waals surface area contributed by atoms with E-state index in [0.717, 1.165) is 30.5 Å². The summed E-state index contributed by atoms with van der Waals surface area (Å²) in [4.78, 5) is 12.5. The van der Waals surface area contributed by atoms with E-state index in [1.165, 1.54) is 0 Å². The number of hydrogen-bond donors (Lipinski definition) is 1. The van der Waals surface area contributed by atoms with Crippen LogP contribution in [0.25, 0.3) is 11.3 Å². The van der Waals surface area contributed by atoms with E-state index >= 15 is 0 Å². The molecule has 120 valence electrons. The zero-order chi connectivity index (χ0) is 16.4. The molecule has 1 aliphatic carbocycles. The molecule has 1 heterocycles. The monoisotopic (exact) mass is 329 g/mol. The van der Waals surface area contributed by atoms with Gasteiger partial charge in [-0.2, -0.15) is 5.10 Å². The van der Waals surface area contributed by atoms with Crippen molar-refractivity contribution in [3.8, 4) is 11.3 Å². The molecule has 2 aromatic rings. The maximum absolute atomic E-state index is 12.5. The molecule has 0 aliphatic heterocycles. The Bertz CT molecular complexity index is 748. The third kappa shape index (κ3) is 3.48. The number of aryl methyl sites for hydroxylation is 1. The fourth-order valence-corrected chi connectivity index (χ4v) is 3.01. The van der Waals surface area contributed by atoms with E-state index < -0.39 is 0 Å². The van der Waals surface area contributed by atoms with Crippen molar-refractivity contribution in [2.45, 2.75) is 31.7 Å². The van der Waals surface area contributed by atoms with Crippen LogP contribution in [0, 0.1) is 0 Å². The third-order valence-corrected chi connectivity index (χ3v) is 4.52. The first-order valence-electron chi connectivity index (χ1n) is 7.74. The van der Waals surface area contributed by atoms with Crippen molar-refractivity contribution >= 4 is 17.5 Å². The highest BCUT2D eigenvalue weighted by atomic mass is 35.5. The highest BCUT2D eigenvalue weighted by Crippen LogP contribution is 2.25. The topological polar surface area (TPSA) is 46.9 Å². The summed E-state index contributed by atoms with van der Waals surface area (Å²) in [7, 11) is 1.84. The summed E-state index contributed by atoms with van der Waals surface area (Å²) in [6, 6.07) is 9.33. The fraction of sp³-hybridized carbons (Fsp3) is 0.333. The number of nitrogens with one attached hydrogen (secondary N) is 1. The summed E-state index contributed by atoms with van der Waals surface area (Å²) in [5.41, 5.74) is 2.12. The van der Waals surface area contributed by atoms with Gasteiger partial charge in [-0.05, 0) is 49.9 Å². The molecule has 3 rings (SSSR count). The zero-order valence-electron chi connectivity index (χ0n) is 13.3. The lowest BCUT2D eigenvalue weighted by Gasteiger charge is -2.31. The van der Waals surface area contributed by atoms with E-state index in [4.69, 9.17) is 11.6 Å². The molecule has 0 saturated heterocycles. The average molecular weight is 330 g/mol. The number of rotatable bonds is 3. The fourth-order valence-electron chi connectivity index (χ4n) is 2.89. The first-order chi connectivity index (χ1) is 11.0. The van der Waals surface area contributed by atoms with Crippen LogP contribution in [0.5, 0.6) is 0 Å². The Hall–Kier alpha value is -2.07. The van der Waals surface area contributed by atoms with Crippen molar-refractivity contribution in [2.75, 3.05) is 0 Å². The SMILES string of the molecule is Cn1nc(C(=O)NC2(C)CC=CCC2)cc1-c1ccc(Cl)cc1. The summed E-state index contributed by atoms with van der Waals surface area (Å²) in [6.07, 6.45) is 7.09. The molecular formula is C18H20ClN3O. The Labute approximate surface area is 141 Å². The zero-order valence-corrected chi connectivity index (χ0v) is 14.1. The highest BCUT2D eigenvalue weighted by molar-refractivity contribution is 6.30. The van der Waals surface area contributed by atoms with Gasteiger partial charge in [0.15, 0.2) is 5.69 Å². The quantitative estimate of drug-likeness (QED) is 0.866. The first-order valence-corrected chi connectivity index (χ1v) is 8.12. The lowest BCUT2D eigenvalue weighted by Crippen LogP contribution is -2.46. The van der Waals surface area contributed by atoms with Gasteiger partial charge in [-0.3, -0.25) is 9.48 Å². The Morgan fingerprint density at radius 3 is 2.70 bits per heavy atom. The largest absolute Gasteiger partial charge is 0.345 e. The molecule has 0 radical (unpaired) electrons. The van der Waals surface area contributed by atoms with Crippen LogP contribution in [-0.2, 0) is 7.05 Å². The lowest BCUT2D eigenvalue weighted by atomic mass is 9.87. The molecule has 1 atom stereocenters. The van der Waals surface area contributed by atoms with E-state index in [0.29, 0.717) is 10.7 Å². The molecule has 0 bridgehead atoms. The molecular weight excluding hydrogens is 310 g/mol. The predicted octanol–water partition coefficient (Wildman–Crippen LogP) is 3.97. The minimum atomic E-state index is -0.191. The molecule has 1 aromatic carbocycles. The van der Waals surface area contributed by atoms with Gasteiger partial charge in [-0.25, -0.2) is 0 Å². The molecule has 0 spiro atoms. The summed E-state index contributed by atoms with van der Waals surface area (Å²) in [5.74, 6) is -0.126. The number of benzene rings is 1. The summed E-state index contributed by atoms with van der Waals surface area (Å²) in [6.45, 7) is 2.08. The first kappa shape index (κ1) is 15.8. The Morgan fingerprint density at radius 2 is 2.04 bits per heavy atom. The van der Waals surface area contributed by atoms with Gasteiger partial charge >= 0.3 is 0 Å². The van der Waals surface area contributed by atoms with Crippen LogP contribution in [0.2, 0.25) is 5.02 Å². The third-order valence-electron chi connectivity index (χ3n) is 4.27. The van der Waals surface area contributed by atoms with Gasteiger partial charge in [0.05, 0.1) is 5.69 Å². The Balaban J connectivity index is 1.81. The van der Waals surface area contributed by atoms with Crippen molar-refractivity contribution in [3.05, 3.63) is 53.2 Å². The Kier molecular flexibility index (Phi) is 4.26. The number of halogens is 1. The molecule has 1 unspecified atom stereocenters. The van der Waals surface area contributed by atoms with Crippen LogP contribution in [0.15, 0.2) is 42.5 Å². The van der Waals surface area contributed by atoms with Gasteiger partial charge in [0.2, 0.25) is 0 Å². The van der Waals surface area contributed by atoms with Gasteiger partial charge in [-0.15, -0.1) is 0 Å². The lowest BCUT2D eigenvalue weighted by molar-refractivity contribution is 0.0894. The standard InChI is InChI=1S/C18H20ClN3O/c1-18(10-4-3-5-11-18)20-17(23)15-12-16(22(2)21-15)13-6-8-14(19)9-7-13/h3-4,6-9,12H,5,10-11H2,1-2H3,(H,20,23). The normalized spacial score (nSPS) is 20.5. The van der Waals surface area contributed by atoms with Gasteiger partial charge in [-0.1, -0.05) is 35.9 Å². The number of amides is 1. The molecule has 0 fully saturated rings. The molecule has 0 saturated carbocycles. The number of nitrogens with zero attached hydrogens (tertiary/aromatic N) is 2. The average Bonchev–Trinajstić information content (AvgIpc) is 2.90. The van der Waals surface area contributed by atoms with E-state index in [2.05, 4.69) is 29.5 Å².